The van der Waals surface area contributed by atoms with Gasteiger partial charge >= 0.3 is 0 Å². The second-order valence-corrected chi connectivity index (χ2v) is 4.93. The van der Waals surface area contributed by atoms with Crippen LogP contribution in [-0.2, 0) is 9.59 Å². The summed E-state index contributed by atoms with van der Waals surface area (Å²) < 4.78 is 0. The lowest BCUT2D eigenvalue weighted by Gasteiger charge is -2.22. The first-order chi connectivity index (χ1) is 8.65. The molecule has 0 amide bonds. The van der Waals surface area contributed by atoms with E-state index in [2.05, 4.69) is 0 Å². The van der Waals surface area contributed by atoms with Crippen LogP contribution in [0.5, 0.6) is 0 Å². The molecule has 94 valence electrons. The van der Waals surface area contributed by atoms with Crippen LogP contribution in [-0.4, -0.2) is 11.6 Å². The van der Waals surface area contributed by atoms with Gasteiger partial charge in [-0.3, -0.25) is 9.59 Å². The zero-order valence-corrected chi connectivity index (χ0v) is 10.7. The van der Waals surface area contributed by atoms with Crippen LogP contribution in [0.1, 0.15) is 38.2 Å². The fourth-order valence-corrected chi connectivity index (χ4v) is 2.62. The second kappa shape index (κ2) is 5.30. The first kappa shape index (κ1) is 12.7. The minimum atomic E-state index is -0.731. The Bertz CT molecular complexity index is 473. The average molecular weight is 242 g/mol. The highest BCUT2D eigenvalue weighted by Crippen LogP contribution is 2.39. The van der Waals surface area contributed by atoms with Crippen molar-refractivity contribution >= 4 is 17.6 Å². The molecule has 1 aliphatic rings. The molecule has 0 radical (unpaired) electrons. The third-order valence-corrected chi connectivity index (χ3v) is 3.79. The molecule has 1 aromatic rings. The Labute approximate surface area is 108 Å². The lowest BCUT2D eigenvalue weighted by Crippen LogP contribution is -2.32. The predicted molar refractivity (Wildman–Crippen MR) is 72.1 cm³/mol. The van der Waals surface area contributed by atoms with Crippen molar-refractivity contribution < 1.29 is 9.59 Å². The van der Waals surface area contributed by atoms with Crippen LogP contribution in [0.3, 0.4) is 0 Å². The van der Waals surface area contributed by atoms with Crippen LogP contribution in [0.15, 0.2) is 36.4 Å². The maximum Gasteiger partial charge on any atom is 0.146 e. The molecule has 1 saturated carbocycles. The van der Waals surface area contributed by atoms with Gasteiger partial charge in [0.05, 0.1) is 5.41 Å². The van der Waals surface area contributed by atoms with Gasteiger partial charge in [-0.05, 0) is 31.7 Å². The maximum absolute atomic E-state index is 11.9. The van der Waals surface area contributed by atoms with E-state index in [9.17, 15) is 9.59 Å². The zero-order chi connectivity index (χ0) is 13.0. The molecule has 0 aromatic heterocycles. The summed E-state index contributed by atoms with van der Waals surface area (Å²) in [4.78, 5) is 23.7. The van der Waals surface area contributed by atoms with Gasteiger partial charge in [0, 0.05) is 6.42 Å². The van der Waals surface area contributed by atoms with Crippen molar-refractivity contribution in [2.75, 3.05) is 0 Å². The van der Waals surface area contributed by atoms with Gasteiger partial charge in [0.25, 0.3) is 0 Å². The zero-order valence-electron chi connectivity index (χ0n) is 10.7. The van der Waals surface area contributed by atoms with Gasteiger partial charge in [0.2, 0.25) is 0 Å². The van der Waals surface area contributed by atoms with E-state index in [1.54, 1.807) is 6.92 Å². The monoisotopic (exact) mass is 242 g/mol. The first-order valence-corrected chi connectivity index (χ1v) is 6.41. The van der Waals surface area contributed by atoms with Crippen molar-refractivity contribution in [2.45, 2.75) is 32.6 Å². The van der Waals surface area contributed by atoms with Crippen LogP contribution in [0, 0.1) is 5.41 Å². The molecule has 0 heterocycles. The first-order valence-electron chi connectivity index (χ1n) is 6.41. The van der Waals surface area contributed by atoms with Gasteiger partial charge in [0.1, 0.15) is 11.6 Å². The molecule has 1 atom stereocenters. The van der Waals surface area contributed by atoms with Gasteiger partial charge in [-0.1, -0.05) is 42.5 Å². The molecule has 0 aliphatic heterocycles. The normalized spacial score (nSPS) is 23.7. The molecular formula is C16H18O2. The van der Waals surface area contributed by atoms with Crippen molar-refractivity contribution in [3.63, 3.8) is 0 Å². The van der Waals surface area contributed by atoms with Crippen molar-refractivity contribution in [1.29, 1.82) is 0 Å². The van der Waals surface area contributed by atoms with Gasteiger partial charge in [-0.15, -0.1) is 0 Å². The lowest BCUT2D eigenvalue weighted by atomic mass is 9.78. The average Bonchev–Trinajstić information content (AvgIpc) is 2.73. The number of carbonyl (C=O) groups excluding carboxylic acids is 2. The Balaban J connectivity index is 2.10. The summed E-state index contributed by atoms with van der Waals surface area (Å²) in [6.07, 6.45) is 6.59. The van der Waals surface area contributed by atoms with Gasteiger partial charge in [0.15, 0.2) is 0 Å². The van der Waals surface area contributed by atoms with Crippen molar-refractivity contribution in [3.05, 3.63) is 42.0 Å². The summed E-state index contributed by atoms with van der Waals surface area (Å²) in [5.41, 5.74) is 0.368. The fourth-order valence-electron chi connectivity index (χ4n) is 2.62. The number of hydrogen-bond acceptors (Lipinski definition) is 2. The van der Waals surface area contributed by atoms with E-state index in [1.807, 2.05) is 42.5 Å². The number of rotatable bonds is 4. The van der Waals surface area contributed by atoms with E-state index in [0.717, 1.165) is 12.0 Å². The molecule has 0 spiro atoms. The third-order valence-electron chi connectivity index (χ3n) is 3.79. The van der Waals surface area contributed by atoms with Crippen molar-refractivity contribution in [3.8, 4) is 0 Å². The molecular weight excluding hydrogens is 224 g/mol. The third kappa shape index (κ3) is 2.42. The summed E-state index contributed by atoms with van der Waals surface area (Å²) >= 11 is 0. The Morgan fingerprint density at radius 1 is 1.33 bits per heavy atom. The van der Waals surface area contributed by atoms with Crippen LogP contribution < -0.4 is 0 Å². The number of hydrogen-bond donors (Lipinski definition) is 0. The van der Waals surface area contributed by atoms with Crippen LogP contribution in [0.2, 0.25) is 0 Å². The summed E-state index contributed by atoms with van der Waals surface area (Å²) in [6, 6.07) is 9.93. The van der Waals surface area contributed by atoms with E-state index in [1.165, 1.54) is 0 Å². The molecule has 1 aromatic carbocycles. The van der Waals surface area contributed by atoms with E-state index >= 15 is 0 Å². The molecule has 2 rings (SSSR count). The van der Waals surface area contributed by atoms with Crippen molar-refractivity contribution in [2.24, 2.45) is 5.41 Å². The summed E-state index contributed by atoms with van der Waals surface area (Å²) in [5.74, 6) is 0.135. The van der Waals surface area contributed by atoms with Crippen LogP contribution in [0.4, 0.5) is 0 Å². The number of Topliss-reactive ketones (excluding diaryl/α,β-unsaturated/α-hetero) is 2. The van der Waals surface area contributed by atoms with E-state index in [4.69, 9.17) is 0 Å². The second-order valence-electron chi connectivity index (χ2n) is 4.93. The summed E-state index contributed by atoms with van der Waals surface area (Å²) in [7, 11) is 0. The Morgan fingerprint density at radius 3 is 2.61 bits per heavy atom. The smallest absolute Gasteiger partial charge is 0.146 e. The number of ketones is 2. The van der Waals surface area contributed by atoms with Crippen LogP contribution in [0.25, 0.3) is 6.08 Å². The van der Waals surface area contributed by atoms with E-state index < -0.39 is 5.41 Å². The van der Waals surface area contributed by atoms with E-state index in [0.29, 0.717) is 19.3 Å². The molecule has 2 nitrogen and oxygen atoms in total. The molecule has 0 N–H and O–H groups in total. The fraction of sp³-hybridized carbons (Fsp3) is 0.375. The van der Waals surface area contributed by atoms with Crippen molar-refractivity contribution in [1.82, 2.24) is 0 Å². The molecule has 0 saturated heterocycles. The van der Waals surface area contributed by atoms with Crippen LogP contribution >= 0.6 is 0 Å². The van der Waals surface area contributed by atoms with Gasteiger partial charge in [-0.25, -0.2) is 0 Å². The Hall–Kier alpha value is -1.70. The highest BCUT2D eigenvalue weighted by molar-refractivity contribution is 6.07. The van der Waals surface area contributed by atoms with E-state index in [-0.39, 0.29) is 11.6 Å². The Morgan fingerprint density at radius 2 is 2.06 bits per heavy atom. The number of benzene rings is 1. The largest absolute Gasteiger partial charge is 0.299 e. The number of carbonyl (C=O) groups is 2. The molecule has 0 unspecified atom stereocenters. The molecule has 1 fully saturated rings. The maximum atomic E-state index is 11.9. The lowest BCUT2D eigenvalue weighted by molar-refractivity contribution is -0.137. The minimum absolute atomic E-state index is 0.0164. The van der Waals surface area contributed by atoms with Gasteiger partial charge in [-0.2, -0.15) is 0 Å². The topological polar surface area (TPSA) is 34.1 Å². The van der Waals surface area contributed by atoms with Gasteiger partial charge < -0.3 is 0 Å². The Kier molecular flexibility index (Phi) is 3.75. The molecule has 0 bridgehead atoms. The summed E-state index contributed by atoms with van der Waals surface area (Å²) in [5, 5.41) is 0. The quantitative estimate of drug-likeness (QED) is 0.758. The summed E-state index contributed by atoms with van der Waals surface area (Å²) in [6.45, 7) is 1.54. The molecule has 2 heteroatoms. The molecule has 1 aliphatic carbocycles. The molecule has 18 heavy (non-hydrogen) atoms. The standard InChI is InChI=1S/C16H18O2/c1-13(17)16(12-6-10-15(16)18)11-5-9-14-7-3-2-4-8-14/h2-5,7-9H,6,10-12H2,1H3/b9-5+/t16-/m1/s1. The SMILES string of the molecule is CC(=O)[C@@]1(C/C=C/c2ccccc2)CCCC1=O. The predicted octanol–water partition coefficient (Wildman–Crippen LogP) is 3.42. The highest BCUT2D eigenvalue weighted by atomic mass is 16.2. The number of allylic oxidation sites excluding steroid dienone is 1. The minimum Gasteiger partial charge on any atom is -0.299 e. The highest BCUT2D eigenvalue weighted by Gasteiger charge is 2.44.